The molecule has 3 nitrogen and oxygen atoms in total. The number of aromatic nitrogens is 2. The topological polar surface area (TPSA) is 34.4 Å². The van der Waals surface area contributed by atoms with E-state index in [-0.39, 0.29) is 10.9 Å². The van der Waals surface area contributed by atoms with Gasteiger partial charge in [0.05, 0.1) is 16.5 Å². The van der Waals surface area contributed by atoms with E-state index < -0.39 is 17.3 Å². The zero-order valence-electron chi connectivity index (χ0n) is 8.73. The molecule has 0 unspecified atom stereocenters. The van der Waals surface area contributed by atoms with Gasteiger partial charge in [0.2, 0.25) is 0 Å². The molecule has 0 saturated carbocycles. The first kappa shape index (κ1) is 11.2. The molecule has 3 aromatic rings. The van der Waals surface area contributed by atoms with Crippen LogP contribution in [0, 0.1) is 0 Å². The molecule has 0 aliphatic rings. The van der Waals surface area contributed by atoms with Crippen molar-refractivity contribution in [3.63, 3.8) is 0 Å². The predicted octanol–water partition coefficient (Wildman–Crippen LogP) is 2.93. The SMILES string of the molecule is O=c1c2c(C(F)(F)F)cccc2nc2sccn12. The molecular weight excluding hydrogens is 265 g/mol. The minimum absolute atomic E-state index is 0.0669. The molecule has 0 amide bonds. The maximum Gasteiger partial charge on any atom is 0.417 e. The van der Waals surface area contributed by atoms with Crippen LogP contribution in [0.3, 0.4) is 0 Å². The number of hydrogen-bond acceptors (Lipinski definition) is 3. The molecule has 92 valence electrons. The Morgan fingerprint density at radius 2 is 2.06 bits per heavy atom. The van der Waals surface area contributed by atoms with E-state index >= 15 is 0 Å². The largest absolute Gasteiger partial charge is 0.417 e. The van der Waals surface area contributed by atoms with Crippen LogP contribution in [0.5, 0.6) is 0 Å². The van der Waals surface area contributed by atoms with E-state index in [1.165, 1.54) is 29.7 Å². The first-order valence-electron chi connectivity index (χ1n) is 4.94. The molecule has 0 aliphatic carbocycles. The summed E-state index contributed by atoms with van der Waals surface area (Å²) in [5.74, 6) is 0. The fourth-order valence-corrected chi connectivity index (χ4v) is 2.54. The van der Waals surface area contributed by atoms with Gasteiger partial charge in [-0.1, -0.05) is 6.07 Å². The molecular formula is C11H5F3N2OS. The predicted molar refractivity (Wildman–Crippen MR) is 61.8 cm³/mol. The molecule has 0 N–H and O–H groups in total. The van der Waals surface area contributed by atoms with Crippen molar-refractivity contribution < 1.29 is 13.2 Å². The van der Waals surface area contributed by atoms with E-state index in [2.05, 4.69) is 4.98 Å². The lowest BCUT2D eigenvalue weighted by Crippen LogP contribution is -2.18. The number of rotatable bonds is 0. The summed E-state index contributed by atoms with van der Waals surface area (Å²) < 4.78 is 39.7. The van der Waals surface area contributed by atoms with Crippen molar-refractivity contribution >= 4 is 27.2 Å². The van der Waals surface area contributed by atoms with Gasteiger partial charge in [0.15, 0.2) is 4.96 Å². The second kappa shape index (κ2) is 3.55. The Bertz CT molecular complexity index is 803. The lowest BCUT2D eigenvalue weighted by molar-refractivity contribution is -0.136. The first-order valence-corrected chi connectivity index (χ1v) is 5.82. The lowest BCUT2D eigenvalue weighted by atomic mass is 10.1. The minimum Gasteiger partial charge on any atom is -0.268 e. The van der Waals surface area contributed by atoms with Crippen molar-refractivity contribution in [3.05, 3.63) is 45.7 Å². The third-order valence-electron chi connectivity index (χ3n) is 2.59. The number of hydrogen-bond donors (Lipinski definition) is 0. The van der Waals surface area contributed by atoms with Crippen molar-refractivity contribution in [2.24, 2.45) is 0 Å². The zero-order chi connectivity index (χ0) is 12.9. The van der Waals surface area contributed by atoms with Gasteiger partial charge >= 0.3 is 6.18 Å². The zero-order valence-corrected chi connectivity index (χ0v) is 9.55. The van der Waals surface area contributed by atoms with E-state index in [9.17, 15) is 18.0 Å². The van der Waals surface area contributed by atoms with E-state index in [0.29, 0.717) is 4.96 Å². The summed E-state index contributed by atoms with van der Waals surface area (Å²) in [5.41, 5.74) is -1.57. The van der Waals surface area contributed by atoms with Crippen molar-refractivity contribution in [2.45, 2.75) is 6.18 Å². The number of benzene rings is 1. The standard InChI is InChI=1S/C11H5F3N2OS/c12-11(13,14)6-2-1-3-7-8(6)9(17)16-4-5-18-10(16)15-7/h1-5H. The van der Waals surface area contributed by atoms with Gasteiger partial charge in [-0.25, -0.2) is 4.98 Å². The van der Waals surface area contributed by atoms with Gasteiger partial charge in [-0.2, -0.15) is 13.2 Å². The Kier molecular flexibility index (Phi) is 2.21. The summed E-state index contributed by atoms with van der Waals surface area (Å²) in [4.78, 5) is 16.5. The number of thiazole rings is 1. The second-order valence-corrected chi connectivity index (χ2v) is 4.54. The van der Waals surface area contributed by atoms with Crippen LogP contribution in [0.25, 0.3) is 15.9 Å². The number of halogens is 3. The maximum atomic E-state index is 12.9. The molecule has 18 heavy (non-hydrogen) atoms. The molecule has 3 rings (SSSR count). The van der Waals surface area contributed by atoms with Crippen LogP contribution in [0.2, 0.25) is 0 Å². The van der Waals surface area contributed by atoms with Crippen molar-refractivity contribution in [2.75, 3.05) is 0 Å². The molecule has 2 aromatic heterocycles. The van der Waals surface area contributed by atoms with Gasteiger partial charge < -0.3 is 0 Å². The molecule has 0 fully saturated rings. The van der Waals surface area contributed by atoms with Crippen LogP contribution in [0.15, 0.2) is 34.6 Å². The van der Waals surface area contributed by atoms with Gasteiger partial charge in [-0.05, 0) is 12.1 Å². The third-order valence-corrected chi connectivity index (χ3v) is 3.34. The summed E-state index contributed by atoms with van der Waals surface area (Å²) in [6, 6.07) is 3.55. The van der Waals surface area contributed by atoms with Crippen LogP contribution in [-0.2, 0) is 6.18 Å². The molecule has 0 bridgehead atoms. The molecule has 2 heterocycles. The number of nitrogens with zero attached hydrogens (tertiary/aromatic N) is 2. The van der Waals surface area contributed by atoms with E-state index in [1.807, 2.05) is 0 Å². The van der Waals surface area contributed by atoms with E-state index in [0.717, 1.165) is 10.5 Å². The van der Waals surface area contributed by atoms with Crippen LogP contribution in [0.4, 0.5) is 13.2 Å². The Morgan fingerprint density at radius 3 is 2.78 bits per heavy atom. The average Bonchev–Trinajstić information content (AvgIpc) is 2.75. The maximum absolute atomic E-state index is 12.9. The highest BCUT2D eigenvalue weighted by atomic mass is 32.1. The van der Waals surface area contributed by atoms with Crippen molar-refractivity contribution in [1.29, 1.82) is 0 Å². The summed E-state index contributed by atoms with van der Waals surface area (Å²) in [7, 11) is 0. The molecule has 1 aromatic carbocycles. The molecule has 0 radical (unpaired) electrons. The van der Waals surface area contributed by atoms with Gasteiger partial charge in [0, 0.05) is 11.6 Å². The van der Waals surface area contributed by atoms with E-state index in [1.54, 1.807) is 5.38 Å². The normalized spacial score (nSPS) is 12.4. The summed E-state index contributed by atoms with van der Waals surface area (Å²) in [6.45, 7) is 0. The van der Waals surface area contributed by atoms with Crippen LogP contribution < -0.4 is 5.56 Å². The summed E-state index contributed by atoms with van der Waals surface area (Å²) in [5, 5.41) is 1.22. The Hall–Kier alpha value is -1.89. The fourth-order valence-electron chi connectivity index (χ4n) is 1.83. The van der Waals surface area contributed by atoms with Gasteiger partial charge in [-0.3, -0.25) is 9.20 Å². The molecule has 7 heteroatoms. The fraction of sp³-hybridized carbons (Fsp3) is 0.0909. The first-order chi connectivity index (χ1) is 8.48. The lowest BCUT2D eigenvalue weighted by Gasteiger charge is -2.09. The quantitative estimate of drug-likeness (QED) is 0.629. The van der Waals surface area contributed by atoms with Gasteiger partial charge in [0.1, 0.15) is 0 Å². The van der Waals surface area contributed by atoms with Gasteiger partial charge in [0.25, 0.3) is 5.56 Å². The van der Waals surface area contributed by atoms with E-state index in [4.69, 9.17) is 0 Å². The molecule has 0 atom stereocenters. The highest BCUT2D eigenvalue weighted by molar-refractivity contribution is 7.15. The Morgan fingerprint density at radius 1 is 1.28 bits per heavy atom. The monoisotopic (exact) mass is 270 g/mol. The second-order valence-electron chi connectivity index (χ2n) is 3.67. The van der Waals surface area contributed by atoms with Crippen molar-refractivity contribution in [3.8, 4) is 0 Å². The minimum atomic E-state index is -4.56. The van der Waals surface area contributed by atoms with Crippen LogP contribution in [0.1, 0.15) is 5.56 Å². The smallest absolute Gasteiger partial charge is 0.268 e. The van der Waals surface area contributed by atoms with Crippen LogP contribution in [-0.4, -0.2) is 9.38 Å². The number of fused-ring (bicyclic) bond motifs is 2. The number of alkyl halides is 3. The van der Waals surface area contributed by atoms with Crippen molar-refractivity contribution in [1.82, 2.24) is 9.38 Å². The third kappa shape index (κ3) is 1.51. The highest BCUT2D eigenvalue weighted by Gasteiger charge is 2.34. The Balaban J connectivity index is 2.58. The highest BCUT2D eigenvalue weighted by Crippen LogP contribution is 2.33. The molecule has 0 spiro atoms. The summed E-state index contributed by atoms with van der Waals surface area (Å²) >= 11 is 1.20. The van der Waals surface area contributed by atoms with Gasteiger partial charge in [-0.15, -0.1) is 11.3 Å². The molecule has 0 saturated heterocycles. The average molecular weight is 270 g/mol. The van der Waals surface area contributed by atoms with Crippen LogP contribution >= 0.6 is 11.3 Å². The molecule has 0 aliphatic heterocycles. The summed E-state index contributed by atoms with van der Waals surface area (Å²) in [6.07, 6.45) is -3.15. The Labute approximate surface area is 102 Å².